The lowest BCUT2D eigenvalue weighted by molar-refractivity contribution is 0.665. The van der Waals surface area contributed by atoms with Crippen LogP contribution in [-0.2, 0) is 6.42 Å². The first kappa shape index (κ1) is 18.6. The second-order valence-electron chi connectivity index (χ2n) is 3.74. The second kappa shape index (κ2) is 15.2. The van der Waals surface area contributed by atoms with Crippen molar-refractivity contribution in [3.8, 4) is 0 Å². The van der Waals surface area contributed by atoms with Crippen molar-refractivity contribution in [2.45, 2.75) is 73.6 Å². The highest BCUT2D eigenvalue weighted by Gasteiger charge is 1.95. The summed E-state index contributed by atoms with van der Waals surface area (Å²) >= 11 is 0. The van der Waals surface area contributed by atoms with E-state index in [1.165, 1.54) is 43.2 Å². The van der Waals surface area contributed by atoms with Crippen LogP contribution in [0.3, 0.4) is 0 Å². The van der Waals surface area contributed by atoms with Gasteiger partial charge in [0, 0.05) is 0 Å². The number of hydrogen-bond acceptors (Lipinski definition) is 0. The zero-order valence-electron chi connectivity index (χ0n) is 12.8. The molecule has 0 spiro atoms. The van der Waals surface area contributed by atoms with Crippen LogP contribution in [0.4, 0.5) is 0 Å². The fraction of sp³-hybridized carbons (Fsp3) is 0.647. The third kappa shape index (κ3) is 10.1. The van der Waals surface area contributed by atoms with Crippen LogP contribution < -0.4 is 0 Å². The Morgan fingerprint density at radius 3 is 1.94 bits per heavy atom. The summed E-state index contributed by atoms with van der Waals surface area (Å²) in [5, 5.41) is 0. The lowest BCUT2D eigenvalue weighted by atomic mass is 10.0. The molecule has 0 heterocycles. The Bertz CT molecular complexity index is 238. The molecule has 0 unspecified atom stereocenters. The molecule has 0 N–H and O–H groups in total. The van der Waals surface area contributed by atoms with Crippen LogP contribution >= 0.6 is 0 Å². The van der Waals surface area contributed by atoms with E-state index in [0.29, 0.717) is 0 Å². The quantitative estimate of drug-likeness (QED) is 0.536. The third-order valence-corrected chi connectivity index (χ3v) is 2.56. The van der Waals surface area contributed by atoms with Gasteiger partial charge < -0.3 is 0 Å². The number of hydrogen-bond donors (Lipinski definition) is 0. The van der Waals surface area contributed by atoms with E-state index < -0.39 is 0 Å². The average Bonchev–Trinajstić information content (AvgIpc) is 2.41. The summed E-state index contributed by atoms with van der Waals surface area (Å²) in [6.07, 6.45) is 6.69. The molecule has 1 rings (SSSR count). The van der Waals surface area contributed by atoms with Gasteiger partial charge in [0.2, 0.25) is 0 Å². The van der Waals surface area contributed by atoms with E-state index in [9.17, 15) is 0 Å². The molecule has 0 amide bonds. The molecule has 0 saturated carbocycles. The van der Waals surface area contributed by atoms with Crippen molar-refractivity contribution in [3.05, 3.63) is 35.4 Å². The molecule has 0 saturated heterocycles. The van der Waals surface area contributed by atoms with E-state index in [2.05, 4.69) is 38.1 Å². The van der Waals surface area contributed by atoms with Gasteiger partial charge in [0.25, 0.3) is 0 Å². The lowest BCUT2D eigenvalue weighted by Crippen LogP contribution is -1.89. The molecule has 0 aliphatic carbocycles. The van der Waals surface area contributed by atoms with E-state index in [-0.39, 0.29) is 0 Å². The summed E-state index contributed by atoms with van der Waals surface area (Å²) in [4.78, 5) is 0. The first-order valence-electron chi connectivity index (χ1n) is 7.39. The smallest absolute Gasteiger partial charge is 0.0276 e. The van der Waals surface area contributed by atoms with Gasteiger partial charge in [-0.3, -0.25) is 0 Å². The standard InChI is InChI=1S/C13H20.2C2H6/c1-3-4-5-6-10-13-11-8-7-9-12(13)2;2*1-2/h7-9,11H,3-6,10H2,1-2H3;2*1-2H3. The molecule has 0 aliphatic heterocycles. The zero-order valence-corrected chi connectivity index (χ0v) is 12.8. The van der Waals surface area contributed by atoms with E-state index in [0.717, 1.165) is 0 Å². The van der Waals surface area contributed by atoms with Crippen LogP contribution in [0.5, 0.6) is 0 Å². The first-order chi connectivity index (χ1) is 8.34. The molecule has 0 nitrogen and oxygen atoms in total. The summed E-state index contributed by atoms with van der Waals surface area (Å²) in [7, 11) is 0. The Hall–Kier alpha value is -0.780. The Labute approximate surface area is 109 Å². The van der Waals surface area contributed by atoms with Crippen molar-refractivity contribution < 1.29 is 0 Å². The number of benzene rings is 1. The molecule has 1 aromatic carbocycles. The average molecular weight is 236 g/mol. The van der Waals surface area contributed by atoms with Crippen LogP contribution in [0.15, 0.2) is 24.3 Å². The maximum absolute atomic E-state index is 2.26. The Balaban J connectivity index is 0. The van der Waals surface area contributed by atoms with Crippen molar-refractivity contribution in [2.75, 3.05) is 0 Å². The van der Waals surface area contributed by atoms with Gasteiger partial charge in [-0.15, -0.1) is 0 Å². The predicted molar refractivity (Wildman–Crippen MR) is 81.7 cm³/mol. The van der Waals surface area contributed by atoms with Crippen molar-refractivity contribution in [3.63, 3.8) is 0 Å². The van der Waals surface area contributed by atoms with Crippen molar-refractivity contribution in [1.29, 1.82) is 0 Å². The van der Waals surface area contributed by atoms with Gasteiger partial charge in [0.1, 0.15) is 0 Å². The zero-order chi connectivity index (χ0) is 13.5. The largest absolute Gasteiger partial charge is 0.0683 e. The van der Waals surface area contributed by atoms with Gasteiger partial charge in [-0.1, -0.05) is 78.1 Å². The number of rotatable bonds is 5. The van der Waals surface area contributed by atoms with Crippen molar-refractivity contribution in [2.24, 2.45) is 0 Å². The molecular formula is C17H32. The Morgan fingerprint density at radius 1 is 0.824 bits per heavy atom. The summed E-state index contributed by atoms with van der Waals surface area (Å²) in [5.74, 6) is 0. The van der Waals surface area contributed by atoms with Gasteiger partial charge in [-0.05, 0) is 30.9 Å². The molecule has 0 atom stereocenters. The molecule has 17 heavy (non-hydrogen) atoms. The van der Waals surface area contributed by atoms with Crippen LogP contribution in [0.1, 0.15) is 71.4 Å². The van der Waals surface area contributed by atoms with Gasteiger partial charge in [-0.2, -0.15) is 0 Å². The maximum Gasteiger partial charge on any atom is -0.0276 e. The topological polar surface area (TPSA) is 0 Å². The molecule has 0 bridgehead atoms. The van der Waals surface area contributed by atoms with Crippen molar-refractivity contribution in [1.82, 2.24) is 0 Å². The molecule has 0 aliphatic rings. The Morgan fingerprint density at radius 2 is 1.41 bits per heavy atom. The normalized spacial score (nSPS) is 8.59. The summed E-state index contributed by atoms with van der Waals surface area (Å²) in [6, 6.07) is 8.71. The highest BCUT2D eigenvalue weighted by atomic mass is 14.0. The molecule has 0 fully saturated rings. The first-order valence-corrected chi connectivity index (χ1v) is 7.39. The molecule has 0 radical (unpaired) electrons. The minimum absolute atomic E-state index is 1.26. The second-order valence-corrected chi connectivity index (χ2v) is 3.74. The van der Waals surface area contributed by atoms with Gasteiger partial charge >= 0.3 is 0 Å². The SMILES string of the molecule is CC.CC.CCCCCCc1ccccc1C. The van der Waals surface area contributed by atoms with Gasteiger partial charge in [0.05, 0.1) is 0 Å². The fourth-order valence-electron chi connectivity index (χ4n) is 1.63. The van der Waals surface area contributed by atoms with E-state index in [4.69, 9.17) is 0 Å². The molecule has 0 heteroatoms. The summed E-state index contributed by atoms with van der Waals surface area (Å²) in [5.41, 5.74) is 2.97. The molecule has 100 valence electrons. The minimum atomic E-state index is 1.26. The van der Waals surface area contributed by atoms with Crippen LogP contribution in [0.25, 0.3) is 0 Å². The van der Waals surface area contributed by atoms with Crippen LogP contribution in [0, 0.1) is 6.92 Å². The highest BCUT2D eigenvalue weighted by molar-refractivity contribution is 5.25. The summed E-state index contributed by atoms with van der Waals surface area (Å²) < 4.78 is 0. The van der Waals surface area contributed by atoms with E-state index in [1.807, 2.05) is 27.7 Å². The minimum Gasteiger partial charge on any atom is -0.0683 e. The van der Waals surface area contributed by atoms with Crippen molar-refractivity contribution >= 4 is 0 Å². The monoisotopic (exact) mass is 236 g/mol. The predicted octanol–water partition coefficient (Wildman–Crippen LogP) is 6.17. The van der Waals surface area contributed by atoms with E-state index >= 15 is 0 Å². The van der Waals surface area contributed by atoms with Gasteiger partial charge in [-0.25, -0.2) is 0 Å². The Kier molecular flexibility index (Phi) is 16.6. The molecule has 1 aromatic rings. The van der Waals surface area contributed by atoms with E-state index in [1.54, 1.807) is 0 Å². The summed E-state index contributed by atoms with van der Waals surface area (Å²) in [6.45, 7) is 12.5. The number of unbranched alkanes of at least 4 members (excludes halogenated alkanes) is 3. The third-order valence-electron chi connectivity index (χ3n) is 2.56. The fourth-order valence-corrected chi connectivity index (χ4v) is 1.63. The molecule has 0 aromatic heterocycles. The lowest BCUT2D eigenvalue weighted by Gasteiger charge is -2.04. The number of aryl methyl sites for hydroxylation is 2. The maximum atomic E-state index is 2.26. The van der Waals surface area contributed by atoms with Crippen LogP contribution in [0.2, 0.25) is 0 Å². The highest BCUT2D eigenvalue weighted by Crippen LogP contribution is 2.11. The van der Waals surface area contributed by atoms with Crippen LogP contribution in [-0.4, -0.2) is 0 Å². The van der Waals surface area contributed by atoms with Gasteiger partial charge in [0.15, 0.2) is 0 Å². The molecular weight excluding hydrogens is 204 g/mol.